The van der Waals surface area contributed by atoms with Crippen molar-refractivity contribution in [3.63, 3.8) is 0 Å². The fourth-order valence-corrected chi connectivity index (χ4v) is 3.50. The Labute approximate surface area is 108 Å². The fraction of sp³-hybridized carbons (Fsp3) is 0.333. The molecule has 1 atom stereocenters. The van der Waals surface area contributed by atoms with Crippen molar-refractivity contribution >= 4 is 27.3 Å². The highest BCUT2D eigenvalue weighted by Gasteiger charge is 2.18. The molecule has 0 aliphatic carbocycles. The lowest BCUT2D eigenvalue weighted by Gasteiger charge is -2.06. The van der Waals surface area contributed by atoms with Crippen LogP contribution >= 0.6 is 27.3 Å². The Hall–Kier alpha value is -0.580. The van der Waals surface area contributed by atoms with Gasteiger partial charge in [0.25, 0.3) is 0 Å². The van der Waals surface area contributed by atoms with Gasteiger partial charge in [0.05, 0.1) is 6.04 Å². The Bertz CT molecular complexity index is 489. The summed E-state index contributed by atoms with van der Waals surface area (Å²) in [4.78, 5) is 2.37. The molecule has 86 valence electrons. The molecule has 0 amide bonds. The topological polar surface area (TPSA) is 39.2 Å². The molecule has 2 nitrogen and oxygen atoms in total. The summed E-state index contributed by atoms with van der Waals surface area (Å²) in [6, 6.07) is 5.87. The van der Waals surface area contributed by atoms with E-state index in [0.29, 0.717) is 0 Å². The first-order valence-electron chi connectivity index (χ1n) is 5.21. The maximum Gasteiger partial charge on any atom is 0.126 e. The Balaban J connectivity index is 2.31. The standard InChI is InChI=1S/C12H14BrNOS/c1-3-8-4-5-10(15-8)11(14)12-9(13)6-7(2)16-12/h4-6,11H,3,14H2,1-2H3. The molecule has 0 saturated heterocycles. The minimum Gasteiger partial charge on any atom is -0.464 e. The quantitative estimate of drug-likeness (QED) is 0.929. The van der Waals surface area contributed by atoms with Gasteiger partial charge in [-0.05, 0) is 41.1 Å². The van der Waals surface area contributed by atoms with Crippen molar-refractivity contribution in [2.75, 3.05) is 0 Å². The molecule has 0 aromatic carbocycles. The highest BCUT2D eigenvalue weighted by Crippen LogP contribution is 2.34. The zero-order valence-electron chi connectivity index (χ0n) is 9.29. The maximum atomic E-state index is 6.19. The molecule has 1 unspecified atom stereocenters. The van der Waals surface area contributed by atoms with E-state index in [1.165, 1.54) is 4.88 Å². The zero-order valence-corrected chi connectivity index (χ0v) is 11.7. The van der Waals surface area contributed by atoms with Crippen LogP contribution in [0.2, 0.25) is 0 Å². The van der Waals surface area contributed by atoms with Gasteiger partial charge in [-0.3, -0.25) is 0 Å². The summed E-state index contributed by atoms with van der Waals surface area (Å²) in [6.07, 6.45) is 0.900. The van der Waals surface area contributed by atoms with Gasteiger partial charge in [-0.1, -0.05) is 6.92 Å². The molecule has 0 radical (unpaired) electrons. The van der Waals surface area contributed by atoms with Gasteiger partial charge in [0.15, 0.2) is 0 Å². The van der Waals surface area contributed by atoms with E-state index in [2.05, 4.69) is 35.8 Å². The molecular weight excluding hydrogens is 286 g/mol. The first kappa shape index (κ1) is 11.9. The molecule has 0 spiro atoms. The highest BCUT2D eigenvalue weighted by atomic mass is 79.9. The van der Waals surface area contributed by atoms with E-state index in [1.807, 2.05) is 12.1 Å². The molecule has 4 heteroatoms. The zero-order chi connectivity index (χ0) is 11.7. The van der Waals surface area contributed by atoms with Gasteiger partial charge in [0, 0.05) is 20.6 Å². The molecule has 0 aliphatic rings. The van der Waals surface area contributed by atoms with Gasteiger partial charge in [-0.2, -0.15) is 0 Å². The second kappa shape index (κ2) is 4.73. The predicted molar refractivity (Wildman–Crippen MR) is 70.9 cm³/mol. The van der Waals surface area contributed by atoms with E-state index in [0.717, 1.165) is 27.3 Å². The lowest BCUT2D eigenvalue weighted by Crippen LogP contribution is -2.09. The van der Waals surface area contributed by atoms with Crippen LogP contribution in [0.1, 0.15) is 34.2 Å². The highest BCUT2D eigenvalue weighted by molar-refractivity contribution is 9.10. The molecule has 0 fully saturated rings. The Morgan fingerprint density at radius 1 is 1.50 bits per heavy atom. The average molecular weight is 300 g/mol. The SMILES string of the molecule is CCc1ccc(C(N)c2sc(C)cc2Br)o1. The third kappa shape index (κ3) is 2.24. The first-order chi connectivity index (χ1) is 7.61. The van der Waals surface area contributed by atoms with Gasteiger partial charge in [0.2, 0.25) is 0 Å². The molecule has 0 aliphatic heterocycles. The van der Waals surface area contributed by atoms with Crippen LogP contribution in [0.15, 0.2) is 27.1 Å². The van der Waals surface area contributed by atoms with E-state index >= 15 is 0 Å². The number of rotatable bonds is 3. The minimum atomic E-state index is -0.173. The Kier molecular flexibility index (Phi) is 3.52. The monoisotopic (exact) mass is 299 g/mol. The third-order valence-corrected chi connectivity index (χ3v) is 4.51. The number of thiophene rings is 1. The van der Waals surface area contributed by atoms with Crippen molar-refractivity contribution in [2.24, 2.45) is 5.73 Å². The summed E-state index contributed by atoms with van der Waals surface area (Å²) in [5.74, 6) is 1.81. The van der Waals surface area contributed by atoms with Crippen LogP contribution in [0.25, 0.3) is 0 Å². The molecule has 2 rings (SSSR count). The predicted octanol–water partition coefficient (Wildman–Crippen LogP) is 4.02. The summed E-state index contributed by atoms with van der Waals surface area (Å²) in [7, 11) is 0. The van der Waals surface area contributed by atoms with Gasteiger partial charge in [-0.25, -0.2) is 0 Å². The number of halogens is 1. The van der Waals surface area contributed by atoms with Crippen LogP contribution in [-0.2, 0) is 6.42 Å². The largest absolute Gasteiger partial charge is 0.464 e. The molecular formula is C12H14BrNOS. The Morgan fingerprint density at radius 3 is 2.75 bits per heavy atom. The van der Waals surface area contributed by atoms with Gasteiger partial charge in [-0.15, -0.1) is 11.3 Å². The first-order valence-corrected chi connectivity index (χ1v) is 6.82. The summed E-state index contributed by atoms with van der Waals surface area (Å²) in [6.45, 7) is 4.14. The number of furan rings is 1. The third-order valence-electron chi connectivity index (χ3n) is 2.46. The van der Waals surface area contributed by atoms with Crippen LogP contribution in [0.4, 0.5) is 0 Å². The molecule has 2 aromatic rings. The van der Waals surface area contributed by atoms with Crippen LogP contribution < -0.4 is 5.73 Å². The van der Waals surface area contributed by atoms with Gasteiger partial charge >= 0.3 is 0 Å². The van der Waals surface area contributed by atoms with Crippen molar-refractivity contribution in [1.82, 2.24) is 0 Å². The average Bonchev–Trinajstić information content (AvgIpc) is 2.84. The number of hydrogen-bond acceptors (Lipinski definition) is 3. The Morgan fingerprint density at radius 2 is 2.25 bits per heavy atom. The molecule has 2 aromatic heterocycles. The van der Waals surface area contributed by atoms with Crippen molar-refractivity contribution in [2.45, 2.75) is 26.3 Å². The van der Waals surface area contributed by atoms with Crippen molar-refractivity contribution < 1.29 is 4.42 Å². The van der Waals surface area contributed by atoms with Crippen LogP contribution in [-0.4, -0.2) is 0 Å². The van der Waals surface area contributed by atoms with Gasteiger partial charge in [0.1, 0.15) is 11.5 Å². The summed E-state index contributed by atoms with van der Waals surface area (Å²) >= 11 is 5.23. The second-order valence-electron chi connectivity index (χ2n) is 3.70. The van der Waals surface area contributed by atoms with E-state index in [-0.39, 0.29) is 6.04 Å². The molecule has 0 bridgehead atoms. The normalized spacial score (nSPS) is 13.0. The van der Waals surface area contributed by atoms with Crippen molar-refractivity contribution in [1.29, 1.82) is 0 Å². The van der Waals surface area contributed by atoms with Gasteiger partial charge < -0.3 is 10.2 Å². The van der Waals surface area contributed by atoms with E-state index in [4.69, 9.17) is 10.2 Å². The summed E-state index contributed by atoms with van der Waals surface area (Å²) in [5.41, 5.74) is 6.19. The molecule has 0 saturated carbocycles. The molecule has 2 heterocycles. The lowest BCUT2D eigenvalue weighted by molar-refractivity contribution is 0.455. The summed E-state index contributed by atoms with van der Waals surface area (Å²) in [5, 5.41) is 0. The lowest BCUT2D eigenvalue weighted by atomic mass is 10.2. The summed E-state index contributed by atoms with van der Waals surface area (Å²) < 4.78 is 6.74. The molecule has 2 N–H and O–H groups in total. The van der Waals surface area contributed by atoms with E-state index < -0.39 is 0 Å². The molecule has 16 heavy (non-hydrogen) atoms. The van der Waals surface area contributed by atoms with Crippen LogP contribution in [0.3, 0.4) is 0 Å². The number of hydrogen-bond donors (Lipinski definition) is 1. The maximum absolute atomic E-state index is 6.19. The minimum absolute atomic E-state index is 0.173. The van der Waals surface area contributed by atoms with E-state index in [9.17, 15) is 0 Å². The van der Waals surface area contributed by atoms with Crippen molar-refractivity contribution in [3.8, 4) is 0 Å². The van der Waals surface area contributed by atoms with E-state index in [1.54, 1.807) is 11.3 Å². The van der Waals surface area contributed by atoms with Crippen molar-refractivity contribution in [3.05, 3.63) is 43.9 Å². The number of nitrogens with two attached hydrogens (primary N) is 1. The number of aryl methyl sites for hydroxylation is 2. The smallest absolute Gasteiger partial charge is 0.126 e. The van der Waals surface area contributed by atoms with Crippen LogP contribution in [0.5, 0.6) is 0 Å². The van der Waals surface area contributed by atoms with Crippen LogP contribution in [0, 0.1) is 6.92 Å². The fourth-order valence-electron chi connectivity index (χ4n) is 1.59. The second-order valence-corrected chi connectivity index (χ2v) is 5.85.